The zero-order valence-electron chi connectivity index (χ0n) is 9.09. The lowest BCUT2D eigenvalue weighted by molar-refractivity contribution is 0.282. The Morgan fingerprint density at radius 1 is 1.47 bits per heavy atom. The van der Waals surface area contributed by atoms with Gasteiger partial charge in [-0.05, 0) is 6.07 Å². The van der Waals surface area contributed by atoms with Crippen LogP contribution in [0.15, 0.2) is 24.5 Å². The number of aromatic nitrogens is 3. The molecule has 0 unspecified atom stereocenters. The third-order valence-electron chi connectivity index (χ3n) is 2.24. The Bertz CT molecular complexity index is 556. The fourth-order valence-electron chi connectivity index (χ4n) is 1.32. The highest BCUT2D eigenvalue weighted by Gasteiger charge is 2.08. The molecule has 0 saturated heterocycles. The molecule has 0 saturated carbocycles. The molecule has 86 valence electrons. The van der Waals surface area contributed by atoms with Crippen molar-refractivity contribution >= 4 is 0 Å². The minimum absolute atomic E-state index is 0.165. The van der Waals surface area contributed by atoms with Crippen LogP contribution < -0.4 is 4.74 Å². The zero-order chi connectivity index (χ0) is 12.3. The molecule has 0 aliphatic heterocycles. The van der Waals surface area contributed by atoms with Crippen molar-refractivity contribution in [2.45, 2.75) is 6.61 Å². The van der Waals surface area contributed by atoms with E-state index in [0.717, 1.165) is 6.20 Å². The molecule has 0 spiro atoms. The summed E-state index contributed by atoms with van der Waals surface area (Å²) in [6.07, 6.45) is 2.54. The van der Waals surface area contributed by atoms with Gasteiger partial charge in [0, 0.05) is 13.1 Å². The molecule has 2 rings (SSSR count). The summed E-state index contributed by atoms with van der Waals surface area (Å²) in [5, 5.41) is 12.8. The second-order valence-electron chi connectivity index (χ2n) is 3.34. The molecule has 5 nitrogen and oxygen atoms in total. The Morgan fingerprint density at radius 3 is 2.94 bits per heavy atom. The van der Waals surface area contributed by atoms with Gasteiger partial charge in [0.05, 0.1) is 23.7 Å². The Balaban J connectivity index is 2.10. The molecule has 0 amide bonds. The number of aryl methyl sites for hydroxylation is 1. The lowest BCUT2D eigenvalue weighted by Gasteiger charge is -2.05. The molecule has 0 bridgehead atoms. The van der Waals surface area contributed by atoms with Crippen LogP contribution in [0.1, 0.15) is 11.3 Å². The van der Waals surface area contributed by atoms with Crippen LogP contribution in [0.25, 0.3) is 0 Å². The smallest absolute Gasteiger partial charge is 0.213 e. The van der Waals surface area contributed by atoms with Gasteiger partial charge in [-0.2, -0.15) is 10.4 Å². The number of rotatable bonds is 3. The molecule has 0 fully saturated rings. The van der Waals surface area contributed by atoms with Gasteiger partial charge in [0.15, 0.2) is 0 Å². The summed E-state index contributed by atoms with van der Waals surface area (Å²) in [4.78, 5) is 3.75. The van der Waals surface area contributed by atoms with E-state index in [4.69, 9.17) is 10.00 Å². The second-order valence-corrected chi connectivity index (χ2v) is 3.34. The van der Waals surface area contributed by atoms with Gasteiger partial charge in [-0.3, -0.25) is 4.68 Å². The van der Waals surface area contributed by atoms with E-state index in [-0.39, 0.29) is 6.61 Å². The van der Waals surface area contributed by atoms with Crippen molar-refractivity contribution in [3.8, 4) is 11.9 Å². The largest absolute Gasteiger partial charge is 0.471 e. The number of hydrogen-bond acceptors (Lipinski definition) is 4. The quantitative estimate of drug-likeness (QED) is 0.802. The topological polar surface area (TPSA) is 63.7 Å². The van der Waals surface area contributed by atoms with Crippen LogP contribution in [0.4, 0.5) is 4.39 Å². The Hall–Kier alpha value is -2.42. The molecule has 17 heavy (non-hydrogen) atoms. The molecule has 2 heterocycles. The van der Waals surface area contributed by atoms with Crippen LogP contribution >= 0.6 is 0 Å². The van der Waals surface area contributed by atoms with Gasteiger partial charge in [0.1, 0.15) is 18.5 Å². The van der Waals surface area contributed by atoms with Crippen LogP contribution in [-0.2, 0) is 13.7 Å². The number of nitrogens with zero attached hydrogens (tertiary/aromatic N) is 4. The fourth-order valence-corrected chi connectivity index (χ4v) is 1.32. The van der Waals surface area contributed by atoms with Gasteiger partial charge >= 0.3 is 0 Å². The normalized spacial score (nSPS) is 9.94. The molecule has 0 atom stereocenters. The van der Waals surface area contributed by atoms with Crippen molar-refractivity contribution in [3.05, 3.63) is 41.6 Å². The SMILES string of the molecule is Cn1ncc(C#N)c1COc1ccc(F)cn1. The van der Waals surface area contributed by atoms with Crippen molar-refractivity contribution in [2.75, 3.05) is 0 Å². The van der Waals surface area contributed by atoms with Crippen LogP contribution in [-0.4, -0.2) is 14.8 Å². The predicted octanol–water partition coefficient (Wildman–Crippen LogP) is 1.40. The maximum absolute atomic E-state index is 12.6. The van der Waals surface area contributed by atoms with Gasteiger partial charge in [-0.15, -0.1) is 0 Å². The molecule has 2 aromatic heterocycles. The van der Waals surface area contributed by atoms with Gasteiger partial charge in [-0.25, -0.2) is 9.37 Å². The molecule has 0 radical (unpaired) electrons. The highest BCUT2D eigenvalue weighted by atomic mass is 19.1. The minimum atomic E-state index is -0.421. The first-order valence-corrected chi connectivity index (χ1v) is 4.86. The van der Waals surface area contributed by atoms with E-state index in [0.29, 0.717) is 17.1 Å². The summed E-state index contributed by atoms with van der Waals surface area (Å²) in [6.45, 7) is 0.165. The molecule has 0 N–H and O–H groups in total. The Kier molecular flexibility index (Phi) is 3.01. The lowest BCUT2D eigenvalue weighted by Crippen LogP contribution is -2.05. The average Bonchev–Trinajstić information content (AvgIpc) is 2.69. The van der Waals surface area contributed by atoms with Gasteiger partial charge < -0.3 is 4.74 Å². The summed E-state index contributed by atoms with van der Waals surface area (Å²) in [5.74, 6) is -0.118. The van der Waals surface area contributed by atoms with E-state index >= 15 is 0 Å². The third kappa shape index (κ3) is 2.39. The van der Waals surface area contributed by atoms with Gasteiger partial charge in [0.2, 0.25) is 5.88 Å². The summed E-state index contributed by atoms with van der Waals surface area (Å²) < 4.78 is 19.5. The van der Waals surface area contributed by atoms with Crippen molar-refractivity contribution in [3.63, 3.8) is 0 Å². The molecular weight excluding hydrogens is 223 g/mol. The molecule has 0 aromatic carbocycles. The lowest BCUT2D eigenvalue weighted by atomic mass is 10.3. The fraction of sp³-hybridized carbons (Fsp3) is 0.182. The number of hydrogen-bond donors (Lipinski definition) is 0. The summed E-state index contributed by atoms with van der Waals surface area (Å²) >= 11 is 0. The maximum atomic E-state index is 12.6. The molecule has 0 aliphatic carbocycles. The van der Waals surface area contributed by atoms with Crippen LogP contribution in [0, 0.1) is 17.1 Å². The van der Waals surface area contributed by atoms with Crippen LogP contribution in [0.3, 0.4) is 0 Å². The number of ether oxygens (including phenoxy) is 1. The predicted molar refractivity (Wildman–Crippen MR) is 56.5 cm³/mol. The monoisotopic (exact) mass is 232 g/mol. The van der Waals surface area contributed by atoms with E-state index in [1.807, 2.05) is 6.07 Å². The van der Waals surface area contributed by atoms with E-state index in [1.54, 1.807) is 11.7 Å². The zero-order valence-corrected chi connectivity index (χ0v) is 9.09. The van der Waals surface area contributed by atoms with Crippen molar-refractivity contribution in [1.82, 2.24) is 14.8 Å². The molecule has 2 aromatic rings. The van der Waals surface area contributed by atoms with Gasteiger partial charge in [-0.1, -0.05) is 0 Å². The minimum Gasteiger partial charge on any atom is -0.471 e. The number of halogens is 1. The first kappa shape index (κ1) is 11.1. The Morgan fingerprint density at radius 2 is 2.29 bits per heavy atom. The Labute approximate surface area is 97.1 Å². The van der Waals surface area contributed by atoms with E-state index in [2.05, 4.69) is 10.1 Å². The second kappa shape index (κ2) is 4.61. The van der Waals surface area contributed by atoms with E-state index in [1.165, 1.54) is 18.3 Å². The highest BCUT2D eigenvalue weighted by molar-refractivity contribution is 5.31. The summed E-state index contributed by atoms with van der Waals surface area (Å²) in [7, 11) is 1.72. The molecular formula is C11H9FN4O. The first-order chi connectivity index (χ1) is 8.20. The first-order valence-electron chi connectivity index (χ1n) is 4.86. The van der Waals surface area contributed by atoms with E-state index < -0.39 is 5.82 Å². The number of nitriles is 1. The van der Waals surface area contributed by atoms with Crippen molar-refractivity contribution in [2.24, 2.45) is 7.05 Å². The van der Waals surface area contributed by atoms with E-state index in [9.17, 15) is 4.39 Å². The number of pyridine rings is 1. The molecule has 6 heteroatoms. The van der Waals surface area contributed by atoms with Gasteiger partial charge in [0.25, 0.3) is 0 Å². The standard InChI is InChI=1S/C11H9FN4O/c1-16-10(8(4-13)5-15-16)7-17-11-3-2-9(12)6-14-11/h2-3,5-6H,7H2,1H3. The van der Waals surface area contributed by atoms with Crippen molar-refractivity contribution in [1.29, 1.82) is 5.26 Å². The summed E-state index contributed by atoms with van der Waals surface area (Å²) in [5.41, 5.74) is 1.10. The van der Waals surface area contributed by atoms with Crippen LogP contribution in [0.5, 0.6) is 5.88 Å². The van der Waals surface area contributed by atoms with Crippen LogP contribution in [0.2, 0.25) is 0 Å². The maximum Gasteiger partial charge on any atom is 0.213 e. The third-order valence-corrected chi connectivity index (χ3v) is 2.24. The summed E-state index contributed by atoms with van der Waals surface area (Å²) in [6, 6.07) is 4.71. The van der Waals surface area contributed by atoms with Crippen molar-refractivity contribution < 1.29 is 9.13 Å². The highest BCUT2D eigenvalue weighted by Crippen LogP contribution is 2.11. The molecule has 0 aliphatic rings. The average molecular weight is 232 g/mol.